The molecule has 0 aliphatic heterocycles. The van der Waals surface area contributed by atoms with Crippen molar-refractivity contribution in [2.45, 2.75) is 13.5 Å². The number of rotatable bonds is 4. The first kappa shape index (κ1) is 11.6. The molecule has 2 rings (SSSR count). The van der Waals surface area contributed by atoms with Gasteiger partial charge < -0.3 is 14.6 Å². The molecule has 0 aliphatic carbocycles. The van der Waals surface area contributed by atoms with Gasteiger partial charge in [0.1, 0.15) is 5.02 Å². The van der Waals surface area contributed by atoms with Gasteiger partial charge in [-0.05, 0) is 6.92 Å². The molecular weight excluding hydrogens is 246 g/mol. The Hall–Kier alpha value is -1.89. The van der Waals surface area contributed by atoms with E-state index in [1.165, 1.54) is 13.3 Å². The molecule has 0 atom stereocenters. The van der Waals surface area contributed by atoms with Crippen molar-refractivity contribution in [3.8, 4) is 6.01 Å². The SMILES string of the molecule is COc1ncc(Cl)c(NCc2nc(C)no2)n1. The predicted molar refractivity (Wildman–Crippen MR) is 60.0 cm³/mol. The fraction of sp³-hybridized carbons (Fsp3) is 0.333. The lowest BCUT2D eigenvalue weighted by Crippen LogP contribution is -2.04. The first-order chi connectivity index (χ1) is 8.19. The zero-order valence-electron chi connectivity index (χ0n) is 9.27. The summed E-state index contributed by atoms with van der Waals surface area (Å²) in [6.07, 6.45) is 1.45. The number of halogens is 1. The third-order valence-electron chi connectivity index (χ3n) is 1.88. The van der Waals surface area contributed by atoms with E-state index in [1.54, 1.807) is 6.92 Å². The van der Waals surface area contributed by atoms with Gasteiger partial charge in [0.25, 0.3) is 0 Å². The zero-order valence-corrected chi connectivity index (χ0v) is 10.0. The monoisotopic (exact) mass is 255 g/mol. The first-order valence-electron chi connectivity index (χ1n) is 4.78. The number of methoxy groups -OCH3 is 1. The second kappa shape index (κ2) is 4.96. The minimum atomic E-state index is 0.235. The number of ether oxygens (including phenoxy) is 1. The molecule has 0 saturated heterocycles. The molecule has 0 fully saturated rings. The number of anilines is 1. The van der Waals surface area contributed by atoms with Crippen LogP contribution in [0.25, 0.3) is 0 Å². The van der Waals surface area contributed by atoms with Gasteiger partial charge in [-0.25, -0.2) is 4.98 Å². The van der Waals surface area contributed by atoms with Gasteiger partial charge in [0.15, 0.2) is 11.6 Å². The molecule has 0 radical (unpaired) electrons. The molecule has 0 aliphatic rings. The maximum absolute atomic E-state index is 5.91. The van der Waals surface area contributed by atoms with E-state index in [0.717, 1.165) is 0 Å². The van der Waals surface area contributed by atoms with Gasteiger partial charge in [0.05, 0.1) is 19.9 Å². The molecule has 2 heterocycles. The molecule has 7 nitrogen and oxygen atoms in total. The number of aryl methyl sites for hydroxylation is 1. The van der Waals surface area contributed by atoms with Gasteiger partial charge in [-0.1, -0.05) is 16.8 Å². The maximum atomic E-state index is 5.91. The van der Waals surface area contributed by atoms with E-state index in [2.05, 4.69) is 25.4 Å². The topological polar surface area (TPSA) is 86.0 Å². The van der Waals surface area contributed by atoms with Crippen molar-refractivity contribution < 1.29 is 9.26 Å². The van der Waals surface area contributed by atoms with Crippen LogP contribution in [-0.4, -0.2) is 27.2 Å². The molecule has 0 saturated carbocycles. The Bertz CT molecular complexity index is 516. The van der Waals surface area contributed by atoms with Crippen molar-refractivity contribution in [2.24, 2.45) is 0 Å². The highest BCUT2D eigenvalue weighted by molar-refractivity contribution is 6.32. The molecular formula is C9H10ClN5O2. The highest BCUT2D eigenvalue weighted by Gasteiger charge is 2.07. The summed E-state index contributed by atoms with van der Waals surface area (Å²) < 4.78 is 9.83. The molecule has 2 aromatic rings. The van der Waals surface area contributed by atoms with Crippen molar-refractivity contribution >= 4 is 17.4 Å². The van der Waals surface area contributed by atoms with E-state index < -0.39 is 0 Å². The molecule has 8 heteroatoms. The van der Waals surface area contributed by atoms with Crippen LogP contribution in [0.1, 0.15) is 11.7 Å². The Morgan fingerprint density at radius 1 is 1.47 bits per heavy atom. The normalized spacial score (nSPS) is 10.3. The van der Waals surface area contributed by atoms with Crippen molar-refractivity contribution in [3.05, 3.63) is 22.9 Å². The predicted octanol–water partition coefficient (Wildman–Crippen LogP) is 1.44. The summed E-state index contributed by atoms with van der Waals surface area (Å²) in [5.41, 5.74) is 0. The number of hydrogen-bond acceptors (Lipinski definition) is 7. The minimum absolute atomic E-state index is 0.235. The maximum Gasteiger partial charge on any atom is 0.318 e. The lowest BCUT2D eigenvalue weighted by atomic mass is 10.5. The zero-order chi connectivity index (χ0) is 12.3. The molecule has 0 unspecified atom stereocenters. The van der Waals surface area contributed by atoms with E-state index >= 15 is 0 Å². The van der Waals surface area contributed by atoms with Gasteiger partial charge in [0.2, 0.25) is 5.89 Å². The largest absolute Gasteiger partial charge is 0.467 e. The molecule has 17 heavy (non-hydrogen) atoms. The average Bonchev–Trinajstić information content (AvgIpc) is 2.74. The van der Waals surface area contributed by atoms with Gasteiger partial charge in [-0.15, -0.1) is 0 Å². The summed E-state index contributed by atoms with van der Waals surface area (Å²) in [6.45, 7) is 2.08. The van der Waals surface area contributed by atoms with Crippen LogP contribution >= 0.6 is 11.6 Å². The highest BCUT2D eigenvalue weighted by atomic mass is 35.5. The Kier molecular flexibility index (Phi) is 3.38. The summed E-state index contributed by atoms with van der Waals surface area (Å²) >= 11 is 5.91. The third-order valence-corrected chi connectivity index (χ3v) is 2.16. The van der Waals surface area contributed by atoms with E-state index in [9.17, 15) is 0 Å². The second-order valence-corrected chi connectivity index (χ2v) is 3.55. The quantitative estimate of drug-likeness (QED) is 0.885. The van der Waals surface area contributed by atoms with Gasteiger partial charge in [0, 0.05) is 0 Å². The van der Waals surface area contributed by atoms with E-state index in [4.69, 9.17) is 20.9 Å². The van der Waals surface area contributed by atoms with Crippen LogP contribution in [0, 0.1) is 6.92 Å². The lowest BCUT2D eigenvalue weighted by molar-refractivity contribution is 0.376. The number of nitrogens with one attached hydrogen (secondary N) is 1. The Morgan fingerprint density at radius 2 is 2.29 bits per heavy atom. The molecule has 2 aromatic heterocycles. The van der Waals surface area contributed by atoms with Crippen LogP contribution in [-0.2, 0) is 6.54 Å². The van der Waals surface area contributed by atoms with Crippen LogP contribution in [0.4, 0.5) is 5.82 Å². The number of nitrogens with zero attached hydrogens (tertiary/aromatic N) is 4. The molecule has 0 aromatic carbocycles. The van der Waals surface area contributed by atoms with Gasteiger partial charge in [-0.2, -0.15) is 9.97 Å². The third kappa shape index (κ3) is 2.82. The van der Waals surface area contributed by atoms with Crippen LogP contribution in [0.5, 0.6) is 6.01 Å². The summed E-state index contributed by atoms with van der Waals surface area (Å²) in [6, 6.07) is 0.235. The van der Waals surface area contributed by atoms with Gasteiger partial charge >= 0.3 is 6.01 Å². The Balaban J connectivity index is 2.07. The molecule has 0 bridgehead atoms. The summed E-state index contributed by atoms with van der Waals surface area (Å²) in [5.74, 6) is 1.48. The van der Waals surface area contributed by atoms with Crippen molar-refractivity contribution in [2.75, 3.05) is 12.4 Å². The van der Waals surface area contributed by atoms with Crippen LogP contribution in [0.15, 0.2) is 10.7 Å². The van der Waals surface area contributed by atoms with Crippen LogP contribution in [0.2, 0.25) is 5.02 Å². The lowest BCUT2D eigenvalue weighted by Gasteiger charge is -2.05. The molecule has 90 valence electrons. The van der Waals surface area contributed by atoms with E-state index in [0.29, 0.717) is 29.1 Å². The van der Waals surface area contributed by atoms with Crippen molar-refractivity contribution in [1.29, 1.82) is 0 Å². The van der Waals surface area contributed by atoms with Crippen molar-refractivity contribution in [1.82, 2.24) is 20.1 Å². The van der Waals surface area contributed by atoms with E-state index in [-0.39, 0.29) is 6.01 Å². The first-order valence-corrected chi connectivity index (χ1v) is 5.16. The summed E-state index contributed by atoms with van der Waals surface area (Å²) in [4.78, 5) is 11.9. The number of hydrogen-bond donors (Lipinski definition) is 1. The van der Waals surface area contributed by atoms with Crippen LogP contribution in [0.3, 0.4) is 0 Å². The fourth-order valence-corrected chi connectivity index (χ4v) is 1.30. The van der Waals surface area contributed by atoms with Crippen LogP contribution < -0.4 is 10.1 Å². The Morgan fingerprint density at radius 3 is 2.94 bits per heavy atom. The highest BCUT2D eigenvalue weighted by Crippen LogP contribution is 2.20. The summed E-state index contributed by atoms with van der Waals surface area (Å²) in [7, 11) is 1.48. The van der Waals surface area contributed by atoms with Crippen molar-refractivity contribution in [3.63, 3.8) is 0 Å². The smallest absolute Gasteiger partial charge is 0.318 e. The molecule has 1 N–H and O–H groups in total. The minimum Gasteiger partial charge on any atom is -0.467 e. The number of aromatic nitrogens is 4. The average molecular weight is 256 g/mol. The second-order valence-electron chi connectivity index (χ2n) is 3.14. The fourth-order valence-electron chi connectivity index (χ4n) is 1.14. The summed E-state index contributed by atoms with van der Waals surface area (Å²) in [5, 5.41) is 7.02. The molecule has 0 amide bonds. The molecule has 0 spiro atoms. The standard InChI is InChI=1S/C9H10ClN5O2/c1-5-13-7(17-15-5)4-11-8-6(10)3-12-9(14-8)16-2/h3H,4H2,1-2H3,(H,11,12,14). The van der Waals surface area contributed by atoms with Gasteiger partial charge in [-0.3, -0.25) is 0 Å². The Labute approximate surface area is 102 Å². The van der Waals surface area contributed by atoms with E-state index in [1.807, 2.05) is 0 Å².